The highest BCUT2D eigenvalue weighted by molar-refractivity contribution is 5.55. The highest BCUT2D eigenvalue weighted by Gasteiger charge is 2.20. The molecule has 1 aromatic carbocycles. The minimum atomic E-state index is 0.667. The molecule has 0 radical (unpaired) electrons. The van der Waals surface area contributed by atoms with Crippen LogP contribution in [0.15, 0.2) is 12.1 Å². The maximum Gasteiger partial charge on any atom is 0.203 e. The lowest BCUT2D eigenvalue weighted by Gasteiger charge is -2.32. The standard InChI is InChI=1S/C18H30N2O3/c1-19-10-8-14(9-11-19)12-20(2)13-15-6-7-16(21-3)18(23-5)17(15)22-4/h6-7,14H,8-13H2,1-5H3. The minimum absolute atomic E-state index is 0.667. The molecule has 130 valence electrons. The third-order valence-electron chi connectivity index (χ3n) is 4.63. The van der Waals surface area contributed by atoms with Crippen molar-refractivity contribution in [2.24, 2.45) is 5.92 Å². The highest BCUT2D eigenvalue weighted by atomic mass is 16.5. The van der Waals surface area contributed by atoms with E-state index in [-0.39, 0.29) is 0 Å². The summed E-state index contributed by atoms with van der Waals surface area (Å²) in [6, 6.07) is 4.01. The zero-order chi connectivity index (χ0) is 16.8. The number of ether oxygens (including phenoxy) is 3. The Bertz CT molecular complexity index is 499. The Morgan fingerprint density at radius 1 is 1.04 bits per heavy atom. The van der Waals surface area contributed by atoms with E-state index in [1.165, 1.54) is 25.9 Å². The molecule has 23 heavy (non-hydrogen) atoms. The molecule has 1 aliphatic rings. The molecule has 5 heteroatoms. The van der Waals surface area contributed by atoms with Crippen molar-refractivity contribution in [2.75, 3.05) is 55.1 Å². The van der Waals surface area contributed by atoms with Gasteiger partial charge in [-0.15, -0.1) is 0 Å². The lowest BCUT2D eigenvalue weighted by molar-refractivity contribution is 0.172. The van der Waals surface area contributed by atoms with Crippen molar-refractivity contribution in [3.63, 3.8) is 0 Å². The molecule has 0 unspecified atom stereocenters. The maximum atomic E-state index is 5.58. The maximum absolute atomic E-state index is 5.58. The first-order valence-electron chi connectivity index (χ1n) is 8.24. The van der Waals surface area contributed by atoms with Crippen LogP contribution in [-0.2, 0) is 6.54 Å². The van der Waals surface area contributed by atoms with E-state index >= 15 is 0 Å². The Labute approximate surface area is 140 Å². The normalized spacial score (nSPS) is 16.6. The molecule has 1 fully saturated rings. The van der Waals surface area contributed by atoms with Crippen LogP contribution in [-0.4, -0.2) is 64.9 Å². The minimum Gasteiger partial charge on any atom is -0.493 e. The molecule has 2 rings (SSSR count). The summed E-state index contributed by atoms with van der Waals surface area (Å²) >= 11 is 0. The molecule has 0 atom stereocenters. The number of rotatable bonds is 7. The van der Waals surface area contributed by atoms with Gasteiger partial charge in [0.25, 0.3) is 0 Å². The van der Waals surface area contributed by atoms with E-state index in [1.54, 1.807) is 21.3 Å². The van der Waals surface area contributed by atoms with Gasteiger partial charge in [-0.05, 0) is 52.0 Å². The Morgan fingerprint density at radius 3 is 2.26 bits per heavy atom. The number of hydrogen-bond donors (Lipinski definition) is 0. The summed E-state index contributed by atoms with van der Waals surface area (Å²) in [6.45, 7) is 4.37. The molecule has 1 heterocycles. The van der Waals surface area contributed by atoms with E-state index in [2.05, 4.69) is 30.0 Å². The fraction of sp³-hybridized carbons (Fsp3) is 0.667. The van der Waals surface area contributed by atoms with Gasteiger partial charge in [-0.3, -0.25) is 0 Å². The molecule has 0 aromatic heterocycles. The van der Waals surface area contributed by atoms with Crippen molar-refractivity contribution in [2.45, 2.75) is 19.4 Å². The van der Waals surface area contributed by atoms with Gasteiger partial charge in [0.05, 0.1) is 21.3 Å². The first kappa shape index (κ1) is 17.9. The van der Waals surface area contributed by atoms with Gasteiger partial charge in [-0.25, -0.2) is 0 Å². The summed E-state index contributed by atoms with van der Waals surface area (Å²) in [4.78, 5) is 4.79. The van der Waals surface area contributed by atoms with Crippen molar-refractivity contribution >= 4 is 0 Å². The van der Waals surface area contributed by atoms with E-state index < -0.39 is 0 Å². The van der Waals surface area contributed by atoms with Gasteiger partial charge < -0.3 is 24.0 Å². The fourth-order valence-corrected chi connectivity index (χ4v) is 3.33. The van der Waals surface area contributed by atoms with E-state index in [0.29, 0.717) is 11.5 Å². The second kappa shape index (κ2) is 8.41. The average Bonchev–Trinajstić information content (AvgIpc) is 2.56. The molecule has 1 aromatic rings. The predicted octanol–water partition coefficient (Wildman–Crippen LogP) is 2.49. The SMILES string of the molecule is COc1ccc(CN(C)CC2CCN(C)CC2)c(OC)c1OC. The number of benzene rings is 1. The molecule has 0 N–H and O–H groups in total. The van der Waals surface area contributed by atoms with Crippen molar-refractivity contribution < 1.29 is 14.2 Å². The fourth-order valence-electron chi connectivity index (χ4n) is 3.33. The largest absolute Gasteiger partial charge is 0.493 e. The molecular weight excluding hydrogens is 292 g/mol. The number of piperidine rings is 1. The van der Waals surface area contributed by atoms with Gasteiger partial charge in [0.2, 0.25) is 5.75 Å². The van der Waals surface area contributed by atoms with Gasteiger partial charge in [0.15, 0.2) is 11.5 Å². The molecule has 1 aliphatic heterocycles. The highest BCUT2D eigenvalue weighted by Crippen LogP contribution is 2.40. The van der Waals surface area contributed by atoms with Crippen molar-refractivity contribution in [1.82, 2.24) is 9.80 Å². The number of likely N-dealkylation sites (tertiary alicyclic amines) is 1. The van der Waals surface area contributed by atoms with Gasteiger partial charge in [-0.1, -0.05) is 6.07 Å². The lowest BCUT2D eigenvalue weighted by Crippen LogP contribution is -2.35. The quantitative estimate of drug-likeness (QED) is 0.770. The smallest absolute Gasteiger partial charge is 0.203 e. The lowest BCUT2D eigenvalue weighted by atomic mass is 9.96. The van der Waals surface area contributed by atoms with Crippen LogP contribution in [0, 0.1) is 5.92 Å². The van der Waals surface area contributed by atoms with Crippen molar-refractivity contribution in [3.05, 3.63) is 17.7 Å². The summed E-state index contributed by atoms with van der Waals surface area (Å²) in [5.74, 6) is 2.91. The summed E-state index contributed by atoms with van der Waals surface area (Å²) in [5, 5.41) is 0. The number of methoxy groups -OCH3 is 3. The van der Waals surface area contributed by atoms with Crippen LogP contribution < -0.4 is 14.2 Å². The van der Waals surface area contributed by atoms with E-state index in [1.807, 2.05) is 6.07 Å². The monoisotopic (exact) mass is 322 g/mol. The Hall–Kier alpha value is -1.46. The molecule has 0 bridgehead atoms. The Morgan fingerprint density at radius 2 is 1.70 bits per heavy atom. The Kier molecular flexibility index (Phi) is 6.54. The first-order valence-corrected chi connectivity index (χ1v) is 8.24. The third kappa shape index (κ3) is 4.52. The molecule has 0 spiro atoms. The van der Waals surface area contributed by atoms with Crippen LogP contribution in [0.2, 0.25) is 0 Å². The zero-order valence-electron chi connectivity index (χ0n) is 15.1. The number of nitrogens with zero attached hydrogens (tertiary/aromatic N) is 2. The van der Waals surface area contributed by atoms with Crippen molar-refractivity contribution in [3.8, 4) is 17.2 Å². The second-order valence-electron chi connectivity index (χ2n) is 6.44. The molecule has 5 nitrogen and oxygen atoms in total. The van der Waals surface area contributed by atoms with Crippen LogP contribution in [0.1, 0.15) is 18.4 Å². The third-order valence-corrected chi connectivity index (χ3v) is 4.63. The molecular formula is C18H30N2O3. The summed E-state index contributed by atoms with van der Waals surface area (Å²) in [6.07, 6.45) is 2.56. The van der Waals surface area contributed by atoms with Gasteiger partial charge in [0, 0.05) is 18.7 Å². The van der Waals surface area contributed by atoms with E-state index in [4.69, 9.17) is 14.2 Å². The van der Waals surface area contributed by atoms with Crippen molar-refractivity contribution in [1.29, 1.82) is 0 Å². The summed E-state index contributed by atoms with van der Waals surface area (Å²) in [7, 11) is 9.34. The zero-order valence-corrected chi connectivity index (χ0v) is 15.1. The molecule has 0 saturated carbocycles. The van der Waals surface area contributed by atoms with Crippen LogP contribution >= 0.6 is 0 Å². The van der Waals surface area contributed by atoms with E-state index in [0.717, 1.165) is 30.3 Å². The topological polar surface area (TPSA) is 34.2 Å². The second-order valence-corrected chi connectivity index (χ2v) is 6.44. The first-order chi connectivity index (χ1) is 11.1. The van der Waals surface area contributed by atoms with Crippen LogP contribution in [0.3, 0.4) is 0 Å². The molecule has 0 amide bonds. The molecule has 1 saturated heterocycles. The van der Waals surface area contributed by atoms with Gasteiger partial charge in [0.1, 0.15) is 0 Å². The van der Waals surface area contributed by atoms with Crippen LogP contribution in [0.4, 0.5) is 0 Å². The van der Waals surface area contributed by atoms with Gasteiger partial charge >= 0.3 is 0 Å². The van der Waals surface area contributed by atoms with Gasteiger partial charge in [-0.2, -0.15) is 0 Å². The van der Waals surface area contributed by atoms with E-state index in [9.17, 15) is 0 Å². The average molecular weight is 322 g/mol. The summed E-state index contributed by atoms with van der Waals surface area (Å²) in [5.41, 5.74) is 1.13. The van der Waals surface area contributed by atoms with Crippen LogP contribution in [0.25, 0.3) is 0 Å². The Balaban J connectivity index is 2.04. The molecule has 0 aliphatic carbocycles. The van der Waals surface area contributed by atoms with Crippen LogP contribution in [0.5, 0.6) is 17.2 Å². The predicted molar refractivity (Wildman–Crippen MR) is 92.7 cm³/mol. The number of hydrogen-bond acceptors (Lipinski definition) is 5. The summed E-state index contributed by atoms with van der Waals surface area (Å²) < 4.78 is 16.4.